The fraction of sp³-hybridized carbons (Fsp3) is 0.817. The second kappa shape index (κ2) is 31.7. The van der Waals surface area contributed by atoms with E-state index in [1.807, 2.05) is 51.6 Å². The first-order valence-electron chi connectivity index (χ1n) is 30.3. The lowest BCUT2D eigenvalue weighted by molar-refractivity contribution is -0.302. The number of thioether (sulfide) groups is 1. The number of urea groups is 1. The number of hydrogen-bond donors (Lipinski definition) is 7. The van der Waals surface area contributed by atoms with Crippen molar-refractivity contribution in [3.63, 3.8) is 0 Å². The molecule has 2 bridgehead atoms. The van der Waals surface area contributed by atoms with Crippen LogP contribution >= 0.6 is 11.8 Å². The van der Waals surface area contributed by atoms with Crippen LogP contribution in [-0.2, 0) is 47.7 Å². The quantitative estimate of drug-likeness (QED) is 0.0249. The van der Waals surface area contributed by atoms with Crippen LogP contribution in [0.25, 0.3) is 0 Å². The first kappa shape index (κ1) is 66.0. The molecule has 0 aromatic heterocycles. The summed E-state index contributed by atoms with van der Waals surface area (Å²) in [5.41, 5.74) is 1.50. The third kappa shape index (κ3) is 18.4. The Bertz CT molecular complexity index is 2200. The highest BCUT2D eigenvalue weighted by Gasteiger charge is 2.57. The van der Waals surface area contributed by atoms with Gasteiger partial charge in [0.05, 0.1) is 43.1 Å². The Morgan fingerprint density at radius 1 is 0.864 bits per heavy atom. The van der Waals surface area contributed by atoms with E-state index in [4.69, 9.17) is 23.7 Å². The lowest BCUT2D eigenvalue weighted by Gasteiger charge is -2.47. The third-order valence-electron chi connectivity index (χ3n) is 18.0. The molecule has 0 aromatic carbocycles. The summed E-state index contributed by atoms with van der Waals surface area (Å²) in [6.45, 7) is 12.0. The Kier molecular flexibility index (Phi) is 25.8. The number of ether oxygens (including phenoxy) is 5. The van der Waals surface area contributed by atoms with E-state index in [2.05, 4.69) is 21.3 Å². The molecule has 1 saturated carbocycles. The topological polar surface area (TPSA) is 278 Å². The first-order valence-corrected chi connectivity index (χ1v) is 31.3. The zero-order chi connectivity index (χ0) is 59.0. The van der Waals surface area contributed by atoms with Gasteiger partial charge in [0.25, 0.3) is 11.7 Å². The molecule has 7 N–H and O–H groups in total. The number of methoxy groups -OCH3 is 2. The number of rotatable bonds is 19. The maximum absolute atomic E-state index is 14.6. The zero-order valence-corrected chi connectivity index (χ0v) is 50.3. The van der Waals surface area contributed by atoms with E-state index >= 15 is 0 Å². The van der Waals surface area contributed by atoms with Gasteiger partial charge < -0.3 is 65.2 Å². The van der Waals surface area contributed by atoms with Crippen LogP contribution < -0.4 is 21.3 Å². The van der Waals surface area contributed by atoms with Crippen LogP contribution in [0.15, 0.2) is 23.3 Å². The monoisotopic (exact) mass is 1160 g/mol. The first-order chi connectivity index (χ1) is 38.6. The molecule has 81 heavy (non-hydrogen) atoms. The van der Waals surface area contributed by atoms with Crippen molar-refractivity contribution in [3.05, 3.63) is 23.3 Å². The lowest BCUT2D eigenvalue weighted by atomic mass is 9.78. The van der Waals surface area contributed by atoms with Gasteiger partial charge in [0.15, 0.2) is 0 Å². The minimum Gasteiger partial charge on any atom is -0.456 e. The molecule has 1 aliphatic carbocycles. The van der Waals surface area contributed by atoms with Crippen molar-refractivity contribution < 1.29 is 72.6 Å². The van der Waals surface area contributed by atoms with Gasteiger partial charge >= 0.3 is 18.1 Å². The zero-order valence-electron chi connectivity index (χ0n) is 49.5. The molecule has 0 unspecified atom stereocenters. The molecule has 5 fully saturated rings. The van der Waals surface area contributed by atoms with Crippen molar-refractivity contribution in [2.24, 2.45) is 35.5 Å². The second-order valence-corrected chi connectivity index (χ2v) is 25.7. The highest BCUT2D eigenvalue weighted by atomic mass is 32.2. The molecule has 5 aliphatic heterocycles. The molecular formula is C60H97N5O15S. The number of carbonyl (C=O) groups is 7. The van der Waals surface area contributed by atoms with Crippen LogP contribution in [0.2, 0.25) is 0 Å². The van der Waals surface area contributed by atoms with Gasteiger partial charge in [-0.2, -0.15) is 11.8 Å². The molecule has 21 heteroatoms. The van der Waals surface area contributed by atoms with E-state index in [1.165, 1.54) is 19.1 Å². The number of piperidine rings is 1. The van der Waals surface area contributed by atoms with Gasteiger partial charge in [-0.25, -0.2) is 14.4 Å². The van der Waals surface area contributed by atoms with Crippen LogP contribution in [0, 0.1) is 35.5 Å². The normalized spacial score (nSPS) is 36.4. The third-order valence-corrected chi connectivity index (χ3v) is 19.5. The molecule has 5 heterocycles. The number of nitrogens with zero attached hydrogens (tertiary/aromatic N) is 1. The number of fused-ring (bicyclic) bond motifs is 4. The summed E-state index contributed by atoms with van der Waals surface area (Å²) in [5, 5.41) is 46.9. The van der Waals surface area contributed by atoms with Gasteiger partial charge in [-0.05, 0) is 127 Å². The molecule has 4 saturated heterocycles. The fourth-order valence-electron chi connectivity index (χ4n) is 13.0. The number of cyclic esters (lactones) is 1. The molecule has 458 valence electrons. The second-order valence-electron chi connectivity index (χ2n) is 24.4. The van der Waals surface area contributed by atoms with Gasteiger partial charge in [-0.15, -0.1) is 0 Å². The minimum atomic E-state index is -2.56. The highest BCUT2D eigenvalue weighted by molar-refractivity contribution is 8.00. The predicted molar refractivity (Wildman–Crippen MR) is 306 cm³/mol. The SMILES string of the molecule is CO[C@H]1C[C@@H](C)C/C(C)=C/[C@@H](CCOC(=O)NCCCCCCNC(=O)CCCC[C@@H]2SC[C@@H]3NC(=O)N[C@@H]32)C(=O)C[C@H](O)[C@@H](C)[C@@H](/C(C)=C/[C@@H]2CC[C@@H](O)[C@H](C)C2)OC(=O)[C@@H]2CCCCN2C(=O)C(=O)[C@]2(O)O[C@H]1[C@@H](OC)C[C@H]2C. The van der Waals surface area contributed by atoms with Crippen LogP contribution in [-0.4, -0.2) is 174 Å². The lowest BCUT2D eigenvalue weighted by Crippen LogP contribution is -2.64. The Hall–Kier alpha value is -4.12. The standard InChI is InChI=1S/C60H97N5O15S/c1-35-27-36(2)29-48(76-7)54-49(77-8)32-39(5)60(75,80-54)55(70)56(71)65-25-16-13-17-44(65)57(72)79-53(38(4)31-41-20-21-45(66)37(3)30-41)40(6)46(67)33-47(68)42(28-35)22-26-78-59(74)62-24-15-10-9-14-23-61-51(69)19-12-11-18-50-52-43(34-81-50)63-58(73)64-52/h28,31,36-37,39-46,48-50,52-54,66-67,75H,9-27,29-30,32-34H2,1-8H3,(H,61,69)(H,62,74)(H2,63,64,73)/b35-28+,38-31+/t36-,37+,39+,40+,41+,42+,43-,44-,45+,46-,48-,49-,50-,52-,53+,54+,60+/m0/s1. The summed E-state index contributed by atoms with van der Waals surface area (Å²) in [5.74, 6) is -7.41. The van der Waals surface area contributed by atoms with E-state index in [1.54, 1.807) is 13.8 Å². The maximum Gasteiger partial charge on any atom is 0.407 e. The number of amides is 5. The van der Waals surface area contributed by atoms with Gasteiger partial charge in [0.2, 0.25) is 11.7 Å². The van der Waals surface area contributed by atoms with E-state index < -0.39 is 90.0 Å². The number of hydrogen-bond acceptors (Lipinski definition) is 16. The van der Waals surface area contributed by atoms with E-state index in [0.717, 1.165) is 49.9 Å². The number of aliphatic hydroxyl groups excluding tert-OH is 2. The summed E-state index contributed by atoms with van der Waals surface area (Å²) < 4.78 is 30.1. The van der Waals surface area contributed by atoms with Crippen molar-refractivity contribution in [1.82, 2.24) is 26.2 Å². The number of esters is 1. The molecule has 5 amide bonds. The number of allylic oxidation sites excluding steroid dienone is 3. The largest absolute Gasteiger partial charge is 0.456 e. The summed E-state index contributed by atoms with van der Waals surface area (Å²) in [4.78, 5) is 96.1. The van der Waals surface area contributed by atoms with Crippen molar-refractivity contribution in [1.29, 1.82) is 0 Å². The number of aliphatic hydroxyl groups is 3. The Balaban J connectivity index is 1.09. The molecule has 0 radical (unpaired) electrons. The smallest absolute Gasteiger partial charge is 0.407 e. The molecule has 6 rings (SSSR count). The van der Waals surface area contributed by atoms with Crippen molar-refractivity contribution in [2.45, 2.75) is 229 Å². The highest BCUT2D eigenvalue weighted by Crippen LogP contribution is 2.40. The molecule has 6 aliphatic rings. The van der Waals surface area contributed by atoms with Crippen LogP contribution in [0.5, 0.6) is 0 Å². The molecule has 17 atom stereocenters. The summed E-state index contributed by atoms with van der Waals surface area (Å²) in [6.07, 6.45) is 8.75. The van der Waals surface area contributed by atoms with E-state index in [9.17, 15) is 48.9 Å². The van der Waals surface area contributed by atoms with Crippen molar-refractivity contribution >= 4 is 53.2 Å². The van der Waals surface area contributed by atoms with Gasteiger partial charge in [-0.1, -0.05) is 64.7 Å². The number of unbranched alkanes of at least 4 members (excludes halogenated alkanes) is 4. The van der Waals surface area contributed by atoms with E-state index in [-0.39, 0.29) is 86.4 Å². The van der Waals surface area contributed by atoms with Crippen molar-refractivity contribution in [3.8, 4) is 0 Å². The number of carbonyl (C=O) groups excluding carboxylic acids is 7. The number of alkyl carbamates (subject to hydrolysis) is 1. The van der Waals surface area contributed by atoms with Gasteiger partial charge in [-0.3, -0.25) is 19.2 Å². The molecular weight excluding hydrogens is 1060 g/mol. The number of nitrogens with one attached hydrogen (secondary N) is 4. The van der Waals surface area contributed by atoms with Crippen LogP contribution in [0.4, 0.5) is 9.59 Å². The van der Waals surface area contributed by atoms with Gasteiger partial charge in [0, 0.05) is 75.5 Å². The van der Waals surface area contributed by atoms with Crippen LogP contribution in [0.3, 0.4) is 0 Å². The number of Topliss-reactive ketones (excluding diaryl/α,β-unsaturated/α-hetero) is 2. The summed E-state index contributed by atoms with van der Waals surface area (Å²) in [6, 6.07) is -0.901. The average molecular weight is 1160 g/mol. The van der Waals surface area contributed by atoms with Crippen molar-refractivity contribution in [2.75, 3.05) is 46.2 Å². The predicted octanol–water partition coefficient (Wildman–Crippen LogP) is 6.20. The fourth-order valence-corrected chi connectivity index (χ4v) is 14.6. The summed E-state index contributed by atoms with van der Waals surface area (Å²) in [7, 11) is 3.02. The minimum absolute atomic E-state index is 0.0374. The Labute approximate surface area is 484 Å². The summed E-state index contributed by atoms with van der Waals surface area (Å²) >= 11 is 1.88. The maximum atomic E-state index is 14.6. The average Bonchev–Trinajstić information content (AvgIpc) is 4.07. The van der Waals surface area contributed by atoms with E-state index in [0.29, 0.717) is 81.7 Å². The molecule has 0 aromatic rings. The van der Waals surface area contributed by atoms with Gasteiger partial charge in [0.1, 0.15) is 24.0 Å². The molecule has 0 spiro atoms. The molecule has 20 nitrogen and oxygen atoms in total. The number of ketones is 2. The Morgan fingerprint density at radius 2 is 1.58 bits per heavy atom. The Morgan fingerprint density at radius 3 is 2.30 bits per heavy atom. The van der Waals surface area contributed by atoms with Crippen LogP contribution in [0.1, 0.15) is 164 Å².